The lowest BCUT2D eigenvalue weighted by atomic mass is 10.0. The number of hydrogen-bond acceptors (Lipinski definition) is 2. The summed E-state index contributed by atoms with van der Waals surface area (Å²) in [7, 11) is 0. The molecule has 1 aliphatic carbocycles. The molecule has 0 bridgehead atoms. The number of rotatable bonds is 6. The first-order valence-electron chi connectivity index (χ1n) is 6.55. The fraction of sp³-hybridized carbons (Fsp3) is 0.846. The molecule has 4 nitrogen and oxygen atoms in total. The average molecular weight is 241 g/mol. The van der Waals surface area contributed by atoms with E-state index in [1.807, 2.05) is 0 Å². The van der Waals surface area contributed by atoms with E-state index >= 15 is 0 Å². The van der Waals surface area contributed by atoms with E-state index in [2.05, 4.69) is 19.2 Å². The van der Waals surface area contributed by atoms with Crippen molar-refractivity contribution >= 4 is 11.9 Å². The molecule has 1 saturated carbocycles. The standard InChI is InChI=1S/C13H23NO3/c1-3-4-9(2)7-12(15)14-11-6-5-10(8-11)13(16)17/h9-11H,3-8H2,1-2H3,(H,14,15)(H,16,17)/t9?,10-,11+/m1/s1. The fourth-order valence-corrected chi connectivity index (χ4v) is 2.53. The number of nitrogens with one attached hydrogen (secondary N) is 1. The minimum Gasteiger partial charge on any atom is -0.481 e. The molecule has 1 unspecified atom stereocenters. The van der Waals surface area contributed by atoms with Gasteiger partial charge in [-0.25, -0.2) is 0 Å². The van der Waals surface area contributed by atoms with E-state index in [4.69, 9.17) is 5.11 Å². The maximum absolute atomic E-state index is 11.7. The first kappa shape index (κ1) is 14.0. The second-order valence-corrected chi connectivity index (χ2v) is 5.21. The highest BCUT2D eigenvalue weighted by Crippen LogP contribution is 2.25. The van der Waals surface area contributed by atoms with E-state index in [0.717, 1.165) is 19.3 Å². The monoisotopic (exact) mass is 241 g/mol. The average Bonchev–Trinajstić information content (AvgIpc) is 2.66. The maximum atomic E-state index is 11.7. The third-order valence-electron chi connectivity index (χ3n) is 3.46. The van der Waals surface area contributed by atoms with Crippen LogP contribution in [0.15, 0.2) is 0 Å². The summed E-state index contributed by atoms with van der Waals surface area (Å²) in [5.74, 6) is -0.520. The molecule has 1 aliphatic rings. The van der Waals surface area contributed by atoms with Crippen LogP contribution in [0, 0.1) is 11.8 Å². The molecule has 0 saturated heterocycles. The zero-order valence-electron chi connectivity index (χ0n) is 10.7. The van der Waals surface area contributed by atoms with Crippen LogP contribution in [0.3, 0.4) is 0 Å². The molecule has 0 aromatic rings. The van der Waals surface area contributed by atoms with Gasteiger partial charge in [-0.05, 0) is 25.2 Å². The Morgan fingerprint density at radius 2 is 2.12 bits per heavy atom. The van der Waals surface area contributed by atoms with Gasteiger partial charge in [-0.2, -0.15) is 0 Å². The van der Waals surface area contributed by atoms with Crippen LogP contribution in [0.5, 0.6) is 0 Å². The molecule has 0 aromatic carbocycles. The minimum absolute atomic E-state index is 0.0671. The summed E-state index contributed by atoms with van der Waals surface area (Å²) in [5, 5.41) is 11.8. The predicted octanol–water partition coefficient (Wildman–Crippen LogP) is 2.18. The Kier molecular flexibility index (Phi) is 5.45. The van der Waals surface area contributed by atoms with E-state index in [1.54, 1.807) is 0 Å². The summed E-state index contributed by atoms with van der Waals surface area (Å²) in [5.41, 5.74) is 0. The van der Waals surface area contributed by atoms with Gasteiger partial charge in [0.2, 0.25) is 5.91 Å². The molecule has 3 atom stereocenters. The van der Waals surface area contributed by atoms with E-state index in [0.29, 0.717) is 25.2 Å². The molecule has 1 rings (SSSR count). The van der Waals surface area contributed by atoms with Gasteiger partial charge < -0.3 is 10.4 Å². The van der Waals surface area contributed by atoms with Crippen LogP contribution in [-0.4, -0.2) is 23.0 Å². The molecule has 0 aliphatic heterocycles. The van der Waals surface area contributed by atoms with E-state index in [-0.39, 0.29) is 17.9 Å². The number of amides is 1. The lowest BCUT2D eigenvalue weighted by Crippen LogP contribution is -2.34. The molecule has 0 aromatic heterocycles. The molecule has 2 N–H and O–H groups in total. The normalized spacial score (nSPS) is 25.5. The number of carbonyl (C=O) groups is 2. The SMILES string of the molecule is CCCC(C)CC(=O)N[C@H]1CC[C@@H](C(=O)O)C1. The molecule has 0 heterocycles. The summed E-state index contributed by atoms with van der Waals surface area (Å²) in [6.07, 6.45) is 4.79. The summed E-state index contributed by atoms with van der Waals surface area (Å²) in [6, 6.07) is 0.0671. The van der Waals surface area contributed by atoms with Gasteiger partial charge in [0, 0.05) is 12.5 Å². The van der Waals surface area contributed by atoms with Gasteiger partial charge in [0.1, 0.15) is 0 Å². The lowest BCUT2D eigenvalue weighted by Gasteiger charge is -2.15. The third-order valence-corrected chi connectivity index (χ3v) is 3.46. The van der Waals surface area contributed by atoms with Gasteiger partial charge in [-0.3, -0.25) is 9.59 Å². The molecular formula is C13H23NO3. The Labute approximate surface area is 103 Å². The van der Waals surface area contributed by atoms with E-state index in [9.17, 15) is 9.59 Å². The second kappa shape index (κ2) is 6.62. The number of carboxylic acids is 1. The van der Waals surface area contributed by atoms with Crippen LogP contribution in [0.4, 0.5) is 0 Å². The highest BCUT2D eigenvalue weighted by atomic mass is 16.4. The highest BCUT2D eigenvalue weighted by molar-refractivity contribution is 5.77. The van der Waals surface area contributed by atoms with Gasteiger partial charge >= 0.3 is 5.97 Å². The summed E-state index contributed by atoms with van der Waals surface area (Å²) < 4.78 is 0. The first-order chi connectivity index (χ1) is 8.02. The van der Waals surface area contributed by atoms with Crippen LogP contribution < -0.4 is 5.32 Å². The Hall–Kier alpha value is -1.06. The largest absolute Gasteiger partial charge is 0.481 e. The molecule has 17 heavy (non-hydrogen) atoms. The third kappa shape index (κ3) is 4.75. The lowest BCUT2D eigenvalue weighted by molar-refractivity contribution is -0.141. The van der Waals surface area contributed by atoms with Crippen molar-refractivity contribution in [2.75, 3.05) is 0 Å². The van der Waals surface area contributed by atoms with Crippen LogP contribution in [0.2, 0.25) is 0 Å². The number of carbonyl (C=O) groups excluding carboxylic acids is 1. The van der Waals surface area contributed by atoms with Crippen molar-refractivity contribution in [3.63, 3.8) is 0 Å². The number of hydrogen-bond donors (Lipinski definition) is 2. The molecule has 1 amide bonds. The van der Waals surface area contributed by atoms with Gasteiger partial charge in [0.15, 0.2) is 0 Å². The minimum atomic E-state index is -0.735. The maximum Gasteiger partial charge on any atom is 0.306 e. The van der Waals surface area contributed by atoms with Crippen LogP contribution in [0.25, 0.3) is 0 Å². The highest BCUT2D eigenvalue weighted by Gasteiger charge is 2.30. The van der Waals surface area contributed by atoms with E-state index < -0.39 is 5.97 Å². The predicted molar refractivity (Wildman–Crippen MR) is 65.6 cm³/mol. The van der Waals surface area contributed by atoms with Crippen molar-refractivity contribution in [2.24, 2.45) is 11.8 Å². The van der Waals surface area contributed by atoms with Crippen LogP contribution in [0.1, 0.15) is 52.4 Å². The number of carboxylic acid groups (broad SMARTS) is 1. The van der Waals surface area contributed by atoms with Crippen LogP contribution in [-0.2, 0) is 9.59 Å². The smallest absolute Gasteiger partial charge is 0.306 e. The summed E-state index contributed by atoms with van der Waals surface area (Å²) in [4.78, 5) is 22.5. The second-order valence-electron chi connectivity index (χ2n) is 5.21. The topological polar surface area (TPSA) is 66.4 Å². The van der Waals surface area contributed by atoms with Crippen molar-refractivity contribution in [3.05, 3.63) is 0 Å². The quantitative estimate of drug-likeness (QED) is 0.749. The van der Waals surface area contributed by atoms with Gasteiger partial charge in [0.05, 0.1) is 5.92 Å². The zero-order valence-corrected chi connectivity index (χ0v) is 10.7. The Morgan fingerprint density at radius 1 is 1.41 bits per heavy atom. The Morgan fingerprint density at radius 3 is 2.65 bits per heavy atom. The molecule has 98 valence electrons. The van der Waals surface area contributed by atoms with Gasteiger partial charge in [-0.1, -0.05) is 26.7 Å². The molecule has 4 heteroatoms. The molecule has 1 fully saturated rings. The zero-order chi connectivity index (χ0) is 12.8. The van der Waals surface area contributed by atoms with Crippen molar-refractivity contribution in [2.45, 2.75) is 58.4 Å². The summed E-state index contributed by atoms with van der Waals surface area (Å²) in [6.45, 7) is 4.20. The summed E-state index contributed by atoms with van der Waals surface area (Å²) >= 11 is 0. The Balaban J connectivity index is 2.26. The Bertz CT molecular complexity index is 278. The first-order valence-corrected chi connectivity index (χ1v) is 6.55. The molecule has 0 spiro atoms. The fourth-order valence-electron chi connectivity index (χ4n) is 2.53. The van der Waals surface area contributed by atoms with Crippen molar-refractivity contribution in [1.82, 2.24) is 5.32 Å². The molecule has 0 radical (unpaired) electrons. The van der Waals surface area contributed by atoms with E-state index in [1.165, 1.54) is 0 Å². The van der Waals surface area contributed by atoms with Crippen molar-refractivity contribution in [3.8, 4) is 0 Å². The van der Waals surface area contributed by atoms with Gasteiger partial charge in [0.25, 0.3) is 0 Å². The molecular weight excluding hydrogens is 218 g/mol. The number of aliphatic carboxylic acids is 1. The van der Waals surface area contributed by atoms with Crippen LogP contribution >= 0.6 is 0 Å². The van der Waals surface area contributed by atoms with Gasteiger partial charge in [-0.15, -0.1) is 0 Å². The van der Waals surface area contributed by atoms with Crippen molar-refractivity contribution in [1.29, 1.82) is 0 Å². The van der Waals surface area contributed by atoms with Crippen molar-refractivity contribution < 1.29 is 14.7 Å².